The largest absolute Gasteiger partial charge is 0.462 e. The summed E-state index contributed by atoms with van der Waals surface area (Å²) in [6.07, 6.45) is 8.45. The van der Waals surface area contributed by atoms with Crippen LogP contribution >= 0.6 is 0 Å². The Balaban J connectivity index is 1.44. The van der Waals surface area contributed by atoms with Crippen molar-refractivity contribution in [3.05, 3.63) is 0 Å². The zero-order valence-corrected chi connectivity index (χ0v) is 15.7. The molecule has 0 aromatic rings. The van der Waals surface area contributed by atoms with Gasteiger partial charge in [0, 0.05) is 24.2 Å². The van der Waals surface area contributed by atoms with Gasteiger partial charge in [0.1, 0.15) is 17.8 Å². The molecule has 5 rings (SSSR count). The molecule has 4 heteroatoms. The van der Waals surface area contributed by atoms with Crippen LogP contribution in [0.15, 0.2) is 0 Å². The number of Topliss-reactive ketones (excluding diaryl/α,β-unsaturated/α-hetero) is 1. The molecule has 0 radical (unpaired) electrons. The molecular formula is C21H30O4. The predicted molar refractivity (Wildman–Crippen MR) is 91.8 cm³/mol. The molecule has 4 aliphatic carbocycles. The van der Waals surface area contributed by atoms with E-state index in [2.05, 4.69) is 13.8 Å². The molecule has 0 amide bonds. The molecule has 0 bridgehead atoms. The minimum Gasteiger partial charge on any atom is -0.462 e. The second-order valence-electron chi connectivity index (χ2n) is 9.91. The lowest BCUT2D eigenvalue weighted by molar-refractivity contribution is -0.161. The van der Waals surface area contributed by atoms with Crippen LogP contribution in [-0.2, 0) is 19.1 Å². The summed E-state index contributed by atoms with van der Waals surface area (Å²) in [5, 5.41) is 0. The van der Waals surface area contributed by atoms with Crippen molar-refractivity contribution in [1.29, 1.82) is 0 Å². The van der Waals surface area contributed by atoms with Crippen LogP contribution in [0.4, 0.5) is 0 Å². The third-order valence-electron chi connectivity index (χ3n) is 9.17. The first-order chi connectivity index (χ1) is 11.8. The lowest BCUT2D eigenvalue weighted by Gasteiger charge is -2.59. The second-order valence-corrected chi connectivity index (χ2v) is 9.91. The standard InChI is InChI=1S/C21H30O4/c1-12(22)24-17-5-4-14-13-6-11-21-18(25-21)16(23)8-10-20(21,3)15(13)7-9-19(14,17)2/h13-15,17-18H,4-11H2,1-3H3/t13?,14?,15?,17-,18?,19-,20+,21?/m0/s1. The van der Waals surface area contributed by atoms with Gasteiger partial charge in [-0.1, -0.05) is 13.8 Å². The Labute approximate surface area is 150 Å². The number of ketones is 1. The van der Waals surface area contributed by atoms with Crippen molar-refractivity contribution in [2.24, 2.45) is 28.6 Å². The van der Waals surface area contributed by atoms with Crippen LogP contribution < -0.4 is 0 Å². The molecule has 5 aliphatic rings. The van der Waals surface area contributed by atoms with Gasteiger partial charge in [0.2, 0.25) is 0 Å². The van der Waals surface area contributed by atoms with Crippen LogP contribution in [0.2, 0.25) is 0 Å². The number of rotatable bonds is 1. The van der Waals surface area contributed by atoms with Crippen LogP contribution in [-0.4, -0.2) is 29.6 Å². The van der Waals surface area contributed by atoms with Crippen molar-refractivity contribution < 1.29 is 19.1 Å². The number of epoxide rings is 1. The molecule has 5 unspecified atom stereocenters. The molecule has 1 spiro atoms. The van der Waals surface area contributed by atoms with Gasteiger partial charge >= 0.3 is 5.97 Å². The van der Waals surface area contributed by atoms with Crippen LogP contribution in [0.25, 0.3) is 0 Å². The highest BCUT2D eigenvalue weighted by Gasteiger charge is 2.76. The van der Waals surface area contributed by atoms with E-state index in [1.54, 1.807) is 0 Å². The number of carbonyl (C=O) groups is 2. The zero-order chi connectivity index (χ0) is 17.6. The number of fused-ring (bicyclic) bond motifs is 4. The van der Waals surface area contributed by atoms with Gasteiger partial charge in [-0.2, -0.15) is 0 Å². The molecule has 4 saturated carbocycles. The summed E-state index contributed by atoms with van der Waals surface area (Å²) in [7, 11) is 0. The molecule has 4 nitrogen and oxygen atoms in total. The molecule has 1 aliphatic heterocycles. The highest BCUT2D eigenvalue weighted by molar-refractivity contribution is 5.88. The Morgan fingerprint density at radius 1 is 1.08 bits per heavy atom. The first-order valence-corrected chi connectivity index (χ1v) is 10.2. The highest BCUT2D eigenvalue weighted by atomic mass is 16.6. The smallest absolute Gasteiger partial charge is 0.302 e. The fourth-order valence-corrected chi connectivity index (χ4v) is 7.84. The molecule has 138 valence electrons. The number of carbonyl (C=O) groups excluding carboxylic acids is 2. The quantitative estimate of drug-likeness (QED) is 0.537. The summed E-state index contributed by atoms with van der Waals surface area (Å²) in [6.45, 7) is 6.32. The summed E-state index contributed by atoms with van der Waals surface area (Å²) >= 11 is 0. The van der Waals surface area contributed by atoms with Gasteiger partial charge in [0.05, 0.1) is 0 Å². The van der Waals surface area contributed by atoms with Gasteiger partial charge < -0.3 is 9.47 Å². The van der Waals surface area contributed by atoms with Crippen molar-refractivity contribution in [2.75, 3.05) is 0 Å². The van der Waals surface area contributed by atoms with E-state index in [0.29, 0.717) is 30.0 Å². The van der Waals surface area contributed by atoms with Crippen LogP contribution in [0.5, 0.6) is 0 Å². The summed E-state index contributed by atoms with van der Waals surface area (Å²) in [5.41, 5.74) is 0.169. The van der Waals surface area contributed by atoms with Gasteiger partial charge in [-0.3, -0.25) is 9.59 Å². The fourth-order valence-electron chi connectivity index (χ4n) is 7.84. The molecule has 8 atom stereocenters. The lowest BCUT2D eigenvalue weighted by Crippen LogP contribution is -2.58. The van der Waals surface area contributed by atoms with E-state index < -0.39 is 0 Å². The molecule has 25 heavy (non-hydrogen) atoms. The minimum absolute atomic E-state index is 0.0949. The Bertz CT molecular complexity index is 644. The van der Waals surface area contributed by atoms with E-state index >= 15 is 0 Å². The number of esters is 1. The van der Waals surface area contributed by atoms with Crippen LogP contribution in [0, 0.1) is 28.6 Å². The third-order valence-corrected chi connectivity index (χ3v) is 9.17. The number of ether oxygens (including phenoxy) is 2. The van der Waals surface area contributed by atoms with E-state index in [1.165, 1.54) is 26.2 Å². The molecule has 0 N–H and O–H groups in total. The maximum atomic E-state index is 12.2. The summed E-state index contributed by atoms with van der Waals surface area (Å²) in [4.78, 5) is 23.7. The van der Waals surface area contributed by atoms with Gasteiger partial charge in [0.15, 0.2) is 5.78 Å². The third kappa shape index (κ3) is 1.87. The van der Waals surface area contributed by atoms with Crippen molar-refractivity contribution in [3.8, 4) is 0 Å². The molecule has 0 aromatic heterocycles. The Morgan fingerprint density at radius 3 is 2.64 bits per heavy atom. The van der Waals surface area contributed by atoms with Crippen molar-refractivity contribution in [3.63, 3.8) is 0 Å². The van der Waals surface area contributed by atoms with E-state index in [9.17, 15) is 9.59 Å². The average Bonchev–Trinajstić information content (AvgIpc) is 3.22. The van der Waals surface area contributed by atoms with Crippen molar-refractivity contribution in [2.45, 2.75) is 89.9 Å². The van der Waals surface area contributed by atoms with E-state index in [1.807, 2.05) is 0 Å². The monoisotopic (exact) mass is 346 g/mol. The molecular weight excluding hydrogens is 316 g/mol. The Kier molecular flexibility index (Phi) is 3.18. The van der Waals surface area contributed by atoms with Crippen molar-refractivity contribution in [1.82, 2.24) is 0 Å². The normalized spacial score (nSPS) is 56.3. The Hall–Kier alpha value is -0.900. The topological polar surface area (TPSA) is 55.9 Å². The van der Waals surface area contributed by atoms with E-state index in [-0.39, 0.29) is 34.6 Å². The summed E-state index contributed by atoms with van der Waals surface area (Å²) in [5.74, 6) is 2.22. The van der Waals surface area contributed by atoms with Gasteiger partial charge in [-0.15, -0.1) is 0 Å². The highest BCUT2D eigenvalue weighted by Crippen LogP contribution is 2.72. The lowest BCUT2D eigenvalue weighted by atomic mass is 9.45. The molecule has 0 aromatic carbocycles. The number of hydrogen-bond donors (Lipinski definition) is 0. The minimum atomic E-state index is -0.136. The average molecular weight is 346 g/mol. The van der Waals surface area contributed by atoms with Gasteiger partial charge in [0.25, 0.3) is 0 Å². The first-order valence-electron chi connectivity index (χ1n) is 10.2. The summed E-state index contributed by atoms with van der Waals surface area (Å²) in [6, 6.07) is 0. The Morgan fingerprint density at radius 2 is 1.88 bits per heavy atom. The predicted octanol–water partition coefficient (Wildman–Crippen LogP) is 3.66. The van der Waals surface area contributed by atoms with Crippen LogP contribution in [0.1, 0.15) is 72.1 Å². The molecule has 1 saturated heterocycles. The van der Waals surface area contributed by atoms with Crippen LogP contribution in [0.3, 0.4) is 0 Å². The second kappa shape index (κ2) is 4.88. The first kappa shape index (κ1) is 16.3. The molecule has 5 fully saturated rings. The van der Waals surface area contributed by atoms with Gasteiger partial charge in [-0.05, 0) is 62.7 Å². The molecule has 1 heterocycles. The SMILES string of the molecule is CC(=O)O[C@H]1CCC2C3CCC45OC4C(=O)CC[C@]5(C)C3CC[C@@]21C. The maximum Gasteiger partial charge on any atom is 0.302 e. The zero-order valence-electron chi connectivity index (χ0n) is 15.7. The van der Waals surface area contributed by atoms with E-state index in [4.69, 9.17) is 9.47 Å². The van der Waals surface area contributed by atoms with E-state index in [0.717, 1.165) is 25.7 Å². The maximum absolute atomic E-state index is 12.2. The van der Waals surface area contributed by atoms with Gasteiger partial charge in [-0.25, -0.2) is 0 Å². The number of hydrogen-bond acceptors (Lipinski definition) is 4. The van der Waals surface area contributed by atoms with Crippen molar-refractivity contribution >= 4 is 11.8 Å². The summed E-state index contributed by atoms with van der Waals surface area (Å²) < 4.78 is 11.9. The fraction of sp³-hybridized carbons (Fsp3) is 0.905.